The normalized spacial score (nSPS) is 11.0. The van der Waals surface area contributed by atoms with Crippen LogP contribution >= 0.6 is 0 Å². The molecular weight excluding hydrogens is 356 g/mol. The highest BCUT2D eigenvalue weighted by Gasteiger charge is 2.25. The first-order valence-corrected chi connectivity index (χ1v) is 8.33. The molecule has 2 rings (SSSR count). The van der Waals surface area contributed by atoms with Gasteiger partial charge in [-0.05, 0) is 31.2 Å². The summed E-state index contributed by atoms with van der Waals surface area (Å²) < 4.78 is 50.7. The summed E-state index contributed by atoms with van der Waals surface area (Å²) in [5, 5.41) is 2.23. The number of nitrogens with one attached hydrogen (secondary N) is 3. The molecule has 132 valence electrons. The summed E-state index contributed by atoms with van der Waals surface area (Å²) in [6, 6.07) is 8.93. The van der Waals surface area contributed by atoms with E-state index in [4.69, 9.17) is 0 Å². The fourth-order valence-electron chi connectivity index (χ4n) is 1.79. The van der Waals surface area contributed by atoms with Gasteiger partial charge in [-0.25, -0.2) is 17.2 Å². The number of hydrogen-bond donors (Lipinski definition) is 3. The largest absolute Gasteiger partial charge is 0.324 e. The first-order chi connectivity index (χ1) is 11.7. The van der Waals surface area contributed by atoms with Crippen LogP contribution in [0.5, 0.6) is 0 Å². The molecule has 0 aromatic heterocycles. The van der Waals surface area contributed by atoms with E-state index in [0.717, 1.165) is 23.8 Å². The van der Waals surface area contributed by atoms with E-state index in [9.17, 15) is 26.8 Å². The van der Waals surface area contributed by atoms with Crippen molar-refractivity contribution < 1.29 is 26.8 Å². The van der Waals surface area contributed by atoms with E-state index in [0.29, 0.717) is 5.69 Å². The Kier molecular flexibility index (Phi) is 5.45. The molecule has 0 aliphatic carbocycles. The fourth-order valence-corrected chi connectivity index (χ4v) is 2.76. The van der Waals surface area contributed by atoms with Crippen LogP contribution in [-0.4, -0.2) is 20.2 Å². The molecular formula is C15H13F2N3O4S. The Hall–Kier alpha value is -2.85. The number of sulfonamides is 1. The van der Waals surface area contributed by atoms with Gasteiger partial charge >= 0.3 is 11.8 Å². The number of carbonyl (C=O) groups is 2. The molecule has 0 saturated carbocycles. The minimum atomic E-state index is -4.74. The Bertz CT molecular complexity index is 895. The fraction of sp³-hybridized carbons (Fsp3) is 0.0667. The van der Waals surface area contributed by atoms with Crippen LogP contribution in [0.15, 0.2) is 47.4 Å². The van der Waals surface area contributed by atoms with Gasteiger partial charge in [0.15, 0.2) is 4.90 Å². The van der Waals surface area contributed by atoms with Crippen molar-refractivity contribution in [3.63, 3.8) is 0 Å². The van der Waals surface area contributed by atoms with Crippen LogP contribution in [0.3, 0.4) is 0 Å². The molecule has 25 heavy (non-hydrogen) atoms. The summed E-state index contributed by atoms with van der Waals surface area (Å²) in [6.45, 7) is 1.83. The summed E-state index contributed by atoms with van der Waals surface area (Å²) in [4.78, 5) is 23.5. The standard InChI is InChI=1S/C15H13F2N3O4S/c1-9-5-7-10(8-6-9)18-14(21)15(22)19-20-25(23,24)13-11(16)3-2-4-12(13)17/h2-8,20H,1H3,(H,18,21)(H,19,22). The van der Waals surface area contributed by atoms with E-state index < -0.39 is 38.4 Å². The highest BCUT2D eigenvalue weighted by atomic mass is 32.2. The Labute approximate surface area is 142 Å². The second-order valence-electron chi connectivity index (χ2n) is 4.93. The van der Waals surface area contributed by atoms with Crippen LogP contribution in [0.1, 0.15) is 5.56 Å². The van der Waals surface area contributed by atoms with Crippen molar-refractivity contribution in [2.75, 3.05) is 5.32 Å². The minimum absolute atomic E-state index is 0.314. The molecule has 7 nitrogen and oxygen atoms in total. The lowest BCUT2D eigenvalue weighted by Crippen LogP contribution is -2.46. The molecule has 0 bridgehead atoms. The van der Waals surface area contributed by atoms with Crippen molar-refractivity contribution in [1.29, 1.82) is 0 Å². The van der Waals surface area contributed by atoms with Gasteiger partial charge in [-0.3, -0.25) is 15.0 Å². The van der Waals surface area contributed by atoms with Crippen molar-refractivity contribution in [2.24, 2.45) is 0 Å². The zero-order chi connectivity index (χ0) is 18.6. The van der Waals surface area contributed by atoms with E-state index in [-0.39, 0.29) is 0 Å². The lowest BCUT2D eigenvalue weighted by Gasteiger charge is -2.10. The SMILES string of the molecule is Cc1ccc(NC(=O)C(=O)NNS(=O)(=O)c2c(F)cccc2F)cc1. The Morgan fingerprint density at radius 1 is 0.920 bits per heavy atom. The average molecular weight is 369 g/mol. The Morgan fingerprint density at radius 2 is 1.48 bits per heavy atom. The predicted molar refractivity (Wildman–Crippen MR) is 84.6 cm³/mol. The van der Waals surface area contributed by atoms with Crippen molar-refractivity contribution >= 4 is 27.5 Å². The maximum atomic E-state index is 13.5. The van der Waals surface area contributed by atoms with Gasteiger partial charge < -0.3 is 5.32 Å². The highest BCUT2D eigenvalue weighted by Crippen LogP contribution is 2.17. The number of amides is 2. The topological polar surface area (TPSA) is 104 Å². The molecule has 0 spiro atoms. The number of hydrazine groups is 1. The van der Waals surface area contributed by atoms with Gasteiger partial charge in [0.25, 0.3) is 10.0 Å². The van der Waals surface area contributed by atoms with Gasteiger partial charge in [-0.2, -0.15) is 0 Å². The minimum Gasteiger partial charge on any atom is -0.318 e. The number of hydrogen-bond acceptors (Lipinski definition) is 4. The molecule has 3 N–H and O–H groups in total. The molecule has 0 aliphatic heterocycles. The van der Waals surface area contributed by atoms with Gasteiger partial charge in [0.1, 0.15) is 11.6 Å². The predicted octanol–water partition coefficient (Wildman–Crippen LogP) is 1.22. The van der Waals surface area contributed by atoms with Crippen LogP contribution in [0.25, 0.3) is 0 Å². The molecule has 10 heteroatoms. The summed E-state index contributed by atoms with van der Waals surface area (Å²) in [5.74, 6) is -5.21. The smallest absolute Gasteiger partial charge is 0.318 e. The molecule has 0 fully saturated rings. The van der Waals surface area contributed by atoms with Gasteiger partial charge in [-0.15, -0.1) is 4.83 Å². The van der Waals surface area contributed by atoms with Crippen LogP contribution in [0, 0.1) is 18.6 Å². The van der Waals surface area contributed by atoms with Gasteiger partial charge in [0.05, 0.1) is 0 Å². The number of carbonyl (C=O) groups excluding carboxylic acids is 2. The molecule has 0 saturated heterocycles. The zero-order valence-electron chi connectivity index (χ0n) is 12.8. The maximum absolute atomic E-state index is 13.5. The van der Waals surface area contributed by atoms with Crippen LogP contribution in [0.4, 0.5) is 14.5 Å². The van der Waals surface area contributed by atoms with E-state index >= 15 is 0 Å². The lowest BCUT2D eigenvalue weighted by atomic mass is 10.2. The average Bonchev–Trinajstić information content (AvgIpc) is 2.54. The summed E-state index contributed by atoms with van der Waals surface area (Å²) in [5.41, 5.74) is 2.83. The number of halogens is 2. The molecule has 0 unspecified atom stereocenters. The van der Waals surface area contributed by atoms with Gasteiger partial charge in [0, 0.05) is 5.69 Å². The maximum Gasteiger partial charge on any atom is 0.324 e. The number of anilines is 1. The summed E-state index contributed by atoms with van der Waals surface area (Å²) in [6.07, 6.45) is 0. The molecule has 0 aliphatic rings. The second kappa shape index (κ2) is 7.36. The van der Waals surface area contributed by atoms with Gasteiger partial charge in [0.2, 0.25) is 0 Å². The monoisotopic (exact) mass is 369 g/mol. The highest BCUT2D eigenvalue weighted by molar-refractivity contribution is 7.89. The number of rotatable bonds is 4. The third kappa shape index (κ3) is 4.58. The lowest BCUT2D eigenvalue weighted by molar-refractivity contribution is -0.136. The summed E-state index contributed by atoms with van der Waals surface area (Å²) >= 11 is 0. The van der Waals surface area contributed by atoms with E-state index in [1.165, 1.54) is 4.83 Å². The molecule has 2 aromatic carbocycles. The third-order valence-electron chi connectivity index (χ3n) is 3.00. The number of benzene rings is 2. The van der Waals surface area contributed by atoms with Crippen molar-refractivity contribution in [3.8, 4) is 0 Å². The van der Waals surface area contributed by atoms with Crippen LogP contribution < -0.4 is 15.6 Å². The Balaban J connectivity index is 2.03. The molecule has 2 aromatic rings. The van der Waals surface area contributed by atoms with E-state index in [1.54, 1.807) is 29.7 Å². The molecule has 0 atom stereocenters. The van der Waals surface area contributed by atoms with Crippen molar-refractivity contribution in [2.45, 2.75) is 11.8 Å². The first kappa shape index (κ1) is 18.5. The summed E-state index contributed by atoms with van der Waals surface area (Å²) in [7, 11) is -4.74. The first-order valence-electron chi connectivity index (χ1n) is 6.84. The molecule has 2 amide bonds. The van der Waals surface area contributed by atoms with E-state index in [2.05, 4.69) is 5.32 Å². The van der Waals surface area contributed by atoms with Crippen molar-refractivity contribution in [3.05, 3.63) is 59.7 Å². The van der Waals surface area contributed by atoms with Crippen molar-refractivity contribution in [1.82, 2.24) is 10.3 Å². The van der Waals surface area contributed by atoms with Crippen LogP contribution in [0.2, 0.25) is 0 Å². The Morgan fingerprint density at radius 3 is 2.04 bits per heavy atom. The quantitative estimate of drug-likeness (QED) is 0.557. The van der Waals surface area contributed by atoms with E-state index in [1.807, 2.05) is 6.92 Å². The van der Waals surface area contributed by atoms with Gasteiger partial charge in [-0.1, -0.05) is 23.8 Å². The number of aryl methyl sites for hydroxylation is 1. The second-order valence-corrected chi connectivity index (χ2v) is 6.55. The van der Waals surface area contributed by atoms with Crippen LogP contribution in [-0.2, 0) is 19.6 Å². The molecule has 0 heterocycles. The molecule has 0 radical (unpaired) electrons. The third-order valence-corrected chi connectivity index (χ3v) is 4.30. The zero-order valence-corrected chi connectivity index (χ0v) is 13.7.